The molecular weight excluding hydrogens is 376 g/mol. The Kier molecular flexibility index (Phi) is 5.07. The molecule has 0 spiro atoms. The van der Waals surface area contributed by atoms with Gasteiger partial charge in [-0.15, -0.1) is 5.10 Å². The molecule has 0 saturated heterocycles. The zero-order valence-electron chi connectivity index (χ0n) is 14.7. The molecule has 0 aliphatic carbocycles. The number of carbonyl (C=O) groups is 1. The number of nitrogens with zero attached hydrogens (tertiary/aromatic N) is 5. The Bertz CT molecular complexity index is 1100. The lowest BCUT2D eigenvalue weighted by Crippen LogP contribution is -2.24. The zero-order valence-corrected chi connectivity index (χ0v) is 15.4. The fraction of sp³-hybridized carbons (Fsp3) is 0.0500. The van der Waals surface area contributed by atoms with Gasteiger partial charge < -0.3 is 5.32 Å². The topological polar surface area (TPSA) is 85.6 Å². The molecule has 3 heterocycles. The molecule has 0 atom stereocenters. The number of aromatic nitrogens is 5. The molecular formula is C20H15ClN6O. The number of carbonyl (C=O) groups excluding carboxylic acids is 1. The molecule has 1 aromatic carbocycles. The fourth-order valence-electron chi connectivity index (χ4n) is 2.76. The van der Waals surface area contributed by atoms with E-state index in [2.05, 4.69) is 25.6 Å². The Morgan fingerprint density at radius 2 is 1.82 bits per heavy atom. The lowest BCUT2D eigenvalue weighted by molar-refractivity contribution is 0.0946. The van der Waals surface area contributed by atoms with Crippen molar-refractivity contribution in [1.29, 1.82) is 0 Å². The average molecular weight is 391 g/mol. The summed E-state index contributed by atoms with van der Waals surface area (Å²) in [7, 11) is 0. The van der Waals surface area contributed by atoms with Crippen molar-refractivity contribution in [2.45, 2.75) is 6.54 Å². The Labute approximate surface area is 166 Å². The van der Waals surface area contributed by atoms with Gasteiger partial charge in [0.25, 0.3) is 5.91 Å². The van der Waals surface area contributed by atoms with E-state index in [0.717, 1.165) is 11.1 Å². The smallest absolute Gasteiger partial charge is 0.274 e. The summed E-state index contributed by atoms with van der Waals surface area (Å²) in [5.41, 5.74) is 3.02. The van der Waals surface area contributed by atoms with Gasteiger partial charge in [-0.2, -0.15) is 0 Å². The number of rotatable bonds is 5. The van der Waals surface area contributed by atoms with Gasteiger partial charge in [0.15, 0.2) is 5.69 Å². The first kappa shape index (κ1) is 17.8. The summed E-state index contributed by atoms with van der Waals surface area (Å²) in [6.07, 6.45) is 6.68. The molecule has 0 bridgehead atoms. The second-order valence-electron chi connectivity index (χ2n) is 5.93. The number of para-hydroxylation sites is 1. The molecule has 4 aromatic rings. The molecule has 8 heteroatoms. The third-order valence-corrected chi connectivity index (χ3v) is 4.42. The molecule has 0 aliphatic rings. The van der Waals surface area contributed by atoms with Crippen molar-refractivity contribution in [1.82, 2.24) is 30.3 Å². The number of hydrogen-bond donors (Lipinski definition) is 1. The first-order valence-electron chi connectivity index (χ1n) is 8.52. The van der Waals surface area contributed by atoms with Crippen molar-refractivity contribution in [2.24, 2.45) is 0 Å². The first-order valence-corrected chi connectivity index (χ1v) is 8.90. The van der Waals surface area contributed by atoms with Crippen molar-refractivity contribution in [2.75, 3.05) is 0 Å². The number of nitrogens with one attached hydrogen (secondary N) is 1. The molecule has 0 unspecified atom stereocenters. The van der Waals surface area contributed by atoms with E-state index < -0.39 is 0 Å². The molecule has 1 amide bonds. The summed E-state index contributed by atoms with van der Waals surface area (Å²) in [6, 6.07) is 14.6. The Morgan fingerprint density at radius 1 is 1.00 bits per heavy atom. The molecule has 0 fully saturated rings. The largest absolute Gasteiger partial charge is 0.346 e. The molecule has 3 aromatic heterocycles. The Morgan fingerprint density at radius 3 is 2.57 bits per heavy atom. The highest BCUT2D eigenvalue weighted by atomic mass is 35.5. The van der Waals surface area contributed by atoms with E-state index in [-0.39, 0.29) is 11.6 Å². The van der Waals surface area contributed by atoms with Crippen molar-refractivity contribution in [3.8, 4) is 16.9 Å². The average Bonchev–Trinajstić information content (AvgIpc) is 3.19. The predicted molar refractivity (Wildman–Crippen MR) is 105 cm³/mol. The van der Waals surface area contributed by atoms with Gasteiger partial charge in [0.1, 0.15) is 5.69 Å². The zero-order chi connectivity index (χ0) is 19.3. The van der Waals surface area contributed by atoms with E-state index in [9.17, 15) is 4.79 Å². The van der Waals surface area contributed by atoms with Crippen molar-refractivity contribution >= 4 is 17.5 Å². The summed E-state index contributed by atoms with van der Waals surface area (Å²) in [5, 5.41) is 11.7. The Hall–Kier alpha value is -3.58. The van der Waals surface area contributed by atoms with Crippen LogP contribution in [-0.4, -0.2) is 30.9 Å². The van der Waals surface area contributed by atoms with Gasteiger partial charge in [-0.05, 0) is 35.9 Å². The highest BCUT2D eigenvalue weighted by molar-refractivity contribution is 6.32. The van der Waals surface area contributed by atoms with Gasteiger partial charge in [0.05, 0.1) is 10.7 Å². The maximum Gasteiger partial charge on any atom is 0.274 e. The molecule has 7 nitrogen and oxygen atoms in total. The Balaban J connectivity index is 1.73. The molecule has 1 N–H and O–H groups in total. The summed E-state index contributed by atoms with van der Waals surface area (Å²) in [6.45, 7) is 0.335. The fourth-order valence-corrected chi connectivity index (χ4v) is 2.98. The van der Waals surface area contributed by atoms with Crippen LogP contribution in [0.1, 0.15) is 16.1 Å². The van der Waals surface area contributed by atoms with Crippen LogP contribution in [0.4, 0.5) is 0 Å². The molecule has 0 saturated carbocycles. The molecule has 28 heavy (non-hydrogen) atoms. The van der Waals surface area contributed by atoms with Crippen molar-refractivity contribution in [3.63, 3.8) is 0 Å². The van der Waals surface area contributed by atoms with Gasteiger partial charge in [-0.3, -0.25) is 14.8 Å². The van der Waals surface area contributed by atoms with E-state index >= 15 is 0 Å². The standard InChI is InChI=1S/C20H15ClN6O/c21-16-5-1-2-6-17(16)27-19(15-7-10-22-11-8-15)18(25-26-27)20(28)24-13-14-4-3-9-23-12-14/h1-12H,13H2,(H,24,28). The van der Waals surface area contributed by atoms with E-state index in [4.69, 9.17) is 11.6 Å². The maximum atomic E-state index is 12.8. The van der Waals surface area contributed by atoms with Crippen LogP contribution in [0, 0.1) is 0 Å². The third kappa shape index (κ3) is 3.60. The van der Waals surface area contributed by atoms with Crippen LogP contribution in [0.2, 0.25) is 5.02 Å². The van der Waals surface area contributed by atoms with Gasteiger partial charge in [0.2, 0.25) is 0 Å². The highest BCUT2D eigenvalue weighted by Crippen LogP contribution is 2.28. The highest BCUT2D eigenvalue weighted by Gasteiger charge is 2.23. The number of amides is 1. The summed E-state index contributed by atoms with van der Waals surface area (Å²) in [4.78, 5) is 20.9. The summed E-state index contributed by atoms with van der Waals surface area (Å²) in [5.74, 6) is -0.339. The van der Waals surface area contributed by atoms with Crippen LogP contribution in [-0.2, 0) is 6.54 Å². The lowest BCUT2D eigenvalue weighted by atomic mass is 10.1. The second-order valence-corrected chi connectivity index (χ2v) is 6.34. The minimum atomic E-state index is -0.339. The molecule has 138 valence electrons. The number of halogens is 1. The molecule has 0 aliphatic heterocycles. The van der Waals surface area contributed by atoms with Crippen LogP contribution < -0.4 is 5.32 Å². The minimum absolute atomic E-state index is 0.204. The number of hydrogen-bond acceptors (Lipinski definition) is 5. The summed E-state index contributed by atoms with van der Waals surface area (Å²) >= 11 is 6.34. The van der Waals surface area contributed by atoms with Gasteiger partial charge in [-0.25, -0.2) is 4.68 Å². The van der Waals surface area contributed by atoms with E-state index in [0.29, 0.717) is 22.9 Å². The SMILES string of the molecule is O=C(NCc1cccnc1)c1nnn(-c2ccccc2Cl)c1-c1ccncc1. The van der Waals surface area contributed by atoms with Crippen molar-refractivity contribution in [3.05, 3.63) is 89.6 Å². The predicted octanol–water partition coefficient (Wildman–Crippen LogP) is 3.31. The van der Waals surface area contributed by atoms with Gasteiger partial charge in [-0.1, -0.05) is 35.0 Å². The van der Waals surface area contributed by atoms with Crippen LogP contribution in [0.25, 0.3) is 16.9 Å². The van der Waals surface area contributed by atoms with E-state index in [1.165, 1.54) is 0 Å². The maximum absolute atomic E-state index is 12.8. The van der Waals surface area contributed by atoms with Crippen LogP contribution in [0.5, 0.6) is 0 Å². The first-order chi connectivity index (χ1) is 13.7. The third-order valence-electron chi connectivity index (χ3n) is 4.10. The van der Waals surface area contributed by atoms with E-state index in [1.807, 2.05) is 30.3 Å². The van der Waals surface area contributed by atoms with Crippen LogP contribution in [0.3, 0.4) is 0 Å². The minimum Gasteiger partial charge on any atom is -0.346 e. The monoisotopic (exact) mass is 390 g/mol. The number of pyridine rings is 2. The van der Waals surface area contributed by atoms with Gasteiger partial charge in [0, 0.05) is 36.9 Å². The second kappa shape index (κ2) is 7.98. The van der Waals surface area contributed by atoms with E-state index in [1.54, 1.807) is 47.7 Å². The molecule has 0 radical (unpaired) electrons. The summed E-state index contributed by atoms with van der Waals surface area (Å²) < 4.78 is 1.57. The van der Waals surface area contributed by atoms with Crippen molar-refractivity contribution < 1.29 is 4.79 Å². The molecule has 4 rings (SSSR count). The van der Waals surface area contributed by atoms with Crippen LogP contribution >= 0.6 is 11.6 Å². The van der Waals surface area contributed by atoms with Crippen LogP contribution in [0.15, 0.2) is 73.3 Å². The number of benzene rings is 1. The quantitative estimate of drug-likeness (QED) is 0.565. The normalized spacial score (nSPS) is 10.6. The lowest BCUT2D eigenvalue weighted by Gasteiger charge is -2.10. The van der Waals surface area contributed by atoms with Gasteiger partial charge >= 0.3 is 0 Å².